The molecule has 1 aromatic carbocycles. The molecule has 0 aromatic heterocycles. The molecule has 0 bridgehead atoms. The van der Waals surface area contributed by atoms with E-state index in [-0.39, 0.29) is 10.8 Å². The fourth-order valence-electron chi connectivity index (χ4n) is 2.15. The third kappa shape index (κ3) is 3.72. The fourth-order valence-corrected chi connectivity index (χ4v) is 2.31. The van der Waals surface area contributed by atoms with Crippen molar-refractivity contribution in [3.8, 4) is 0 Å². The molecule has 19 heavy (non-hydrogen) atoms. The molecule has 0 saturated heterocycles. The summed E-state index contributed by atoms with van der Waals surface area (Å²) in [7, 11) is 1.68. The second-order valence-corrected chi connectivity index (χ2v) is 5.28. The number of ether oxygens (including phenoxy) is 1. The van der Waals surface area contributed by atoms with Crippen LogP contribution in [0.5, 0.6) is 0 Å². The second-order valence-electron chi connectivity index (χ2n) is 4.84. The van der Waals surface area contributed by atoms with Crippen LogP contribution in [0, 0.1) is 5.82 Å². The van der Waals surface area contributed by atoms with E-state index >= 15 is 0 Å². The number of nitrogens with two attached hydrogens (primary N) is 1. The number of methoxy groups -OCH3 is 1. The van der Waals surface area contributed by atoms with Crippen LogP contribution in [0.15, 0.2) is 18.2 Å². The number of benzene rings is 1. The van der Waals surface area contributed by atoms with Crippen molar-refractivity contribution in [2.24, 2.45) is 5.73 Å². The van der Waals surface area contributed by atoms with Crippen LogP contribution in [0.1, 0.15) is 24.0 Å². The topological polar surface area (TPSA) is 38.5 Å². The Hall–Kier alpha value is -1.04. The Labute approximate surface area is 118 Å². The lowest BCUT2D eigenvalue weighted by Crippen LogP contribution is -2.29. The molecule has 104 valence electrons. The SMILES string of the molecule is COCCN(Cc1cccc(C(N)=S)c1F)C1CC1. The fraction of sp³-hybridized carbons (Fsp3) is 0.500. The summed E-state index contributed by atoms with van der Waals surface area (Å²) in [6, 6.07) is 5.77. The van der Waals surface area contributed by atoms with E-state index in [1.54, 1.807) is 25.3 Å². The Kier molecular flexibility index (Phi) is 4.85. The number of rotatable bonds is 7. The maximum atomic E-state index is 14.3. The molecule has 0 unspecified atom stereocenters. The van der Waals surface area contributed by atoms with Crippen LogP contribution in [0.25, 0.3) is 0 Å². The summed E-state index contributed by atoms with van der Waals surface area (Å²) in [6.45, 7) is 2.06. The molecule has 0 radical (unpaired) electrons. The Bertz CT molecular complexity index is 463. The van der Waals surface area contributed by atoms with Crippen LogP contribution in [-0.4, -0.2) is 36.2 Å². The van der Waals surface area contributed by atoms with Gasteiger partial charge in [-0.1, -0.05) is 24.4 Å². The zero-order chi connectivity index (χ0) is 13.8. The maximum Gasteiger partial charge on any atom is 0.137 e. The molecule has 2 N–H and O–H groups in total. The summed E-state index contributed by atoms with van der Waals surface area (Å²) in [4.78, 5) is 2.36. The Morgan fingerprint density at radius 3 is 2.84 bits per heavy atom. The van der Waals surface area contributed by atoms with Crippen molar-refractivity contribution in [2.45, 2.75) is 25.4 Å². The normalized spacial score (nSPS) is 14.9. The summed E-state index contributed by atoms with van der Waals surface area (Å²) >= 11 is 4.86. The van der Waals surface area contributed by atoms with Crippen molar-refractivity contribution in [1.29, 1.82) is 0 Å². The molecule has 0 heterocycles. The van der Waals surface area contributed by atoms with Gasteiger partial charge in [-0.05, 0) is 18.9 Å². The van der Waals surface area contributed by atoms with Gasteiger partial charge < -0.3 is 10.5 Å². The Morgan fingerprint density at radius 1 is 1.53 bits per heavy atom. The highest BCUT2D eigenvalue weighted by Crippen LogP contribution is 2.28. The van der Waals surface area contributed by atoms with E-state index in [1.807, 2.05) is 0 Å². The summed E-state index contributed by atoms with van der Waals surface area (Å²) in [6.07, 6.45) is 2.36. The first kappa shape index (κ1) is 14.4. The van der Waals surface area contributed by atoms with Gasteiger partial charge in [0.2, 0.25) is 0 Å². The number of halogens is 1. The number of thiocarbonyl (C=S) groups is 1. The highest BCUT2D eigenvalue weighted by molar-refractivity contribution is 7.80. The lowest BCUT2D eigenvalue weighted by molar-refractivity contribution is 0.139. The molecular weight excluding hydrogens is 263 g/mol. The van der Waals surface area contributed by atoms with Crippen LogP contribution >= 0.6 is 12.2 Å². The van der Waals surface area contributed by atoms with E-state index in [1.165, 1.54) is 12.8 Å². The molecule has 1 aromatic rings. The average molecular weight is 282 g/mol. The van der Waals surface area contributed by atoms with E-state index in [4.69, 9.17) is 22.7 Å². The molecule has 0 aliphatic heterocycles. The molecule has 5 heteroatoms. The zero-order valence-electron chi connectivity index (χ0n) is 11.1. The van der Waals surface area contributed by atoms with Crippen molar-refractivity contribution in [2.75, 3.05) is 20.3 Å². The van der Waals surface area contributed by atoms with Crippen LogP contribution in [0.2, 0.25) is 0 Å². The highest BCUT2D eigenvalue weighted by Gasteiger charge is 2.29. The molecule has 1 fully saturated rings. The smallest absolute Gasteiger partial charge is 0.137 e. The molecule has 0 amide bonds. The second kappa shape index (κ2) is 6.41. The van der Waals surface area contributed by atoms with E-state index in [9.17, 15) is 4.39 Å². The minimum atomic E-state index is -0.293. The lowest BCUT2D eigenvalue weighted by atomic mass is 10.1. The molecule has 1 aliphatic rings. The van der Waals surface area contributed by atoms with Gasteiger partial charge in [0.05, 0.1) is 6.61 Å². The van der Waals surface area contributed by atoms with Crippen LogP contribution in [0.4, 0.5) is 4.39 Å². The summed E-state index contributed by atoms with van der Waals surface area (Å²) in [5.74, 6) is -0.293. The van der Waals surface area contributed by atoms with Crippen LogP contribution in [0.3, 0.4) is 0 Å². The number of hydrogen-bond donors (Lipinski definition) is 1. The number of hydrogen-bond acceptors (Lipinski definition) is 3. The first-order valence-electron chi connectivity index (χ1n) is 6.43. The van der Waals surface area contributed by atoms with E-state index in [0.717, 1.165) is 6.54 Å². The first-order chi connectivity index (χ1) is 9.13. The molecule has 0 spiro atoms. The quantitative estimate of drug-likeness (QED) is 0.777. The third-order valence-electron chi connectivity index (χ3n) is 3.36. The van der Waals surface area contributed by atoms with Crippen LogP contribution in [-0.2, 0) is 11.3 Å². The van der Waals surface area contributed by atoms with Crippen molar-refractivity contribution >= 4 is 17.2 Å². The van der Waals surface area contributed by atoms with Crippen LogP contribution < -0.4 is 5.73 Å². The monoisotopic (exact) mass is 282 g/mol. The van der Waals surface area contributed by atoms with Gasteiger partial charge in [0.15, 0.2) is 0 Å². The van der Waals surface area contributed by atoms with Gasteiger partial charge in [0, 0.05) is 37.4 Å². The van der Waals surface area contributed by atoms with Gasteiger partial charge in [-0.15, -0.1) is 0 Å². The molecule has 1 aliphatic carbocycles. The molecular formula is C14H19FN2OS. The standard InChI is InChI=1S/C14H19FN2OS/c1-18-8-7-17(11-5-6-11)9-10-3-2-4-12(13(10)15)14(16)19/h2-4,11H,5-9H2,1H3,(H2,16,19). The van der Waals surface area contributed by atoms with Gasteiger partial charge >= 0.3 is 0 Å². The summed E-state index contributed by atoms with van der Waals surface area (Å²) in [5, 5.41) is 0. The third-order valence-corrected chi connectivity index (χ3v) is 3.58. The first-order valence-corrected chi connectivity index (χ1v) is 6.84. The zero-order valence-corrected chi connectivity index (χ0v) is 11.9. The predicted molar refractivity (Wildman–Crippen MR) is 77.6 cm³/mol. The van der Waals surface area contributed by atoms with E-state index in [2.05, 4.69) is 4.90 Å². The maximum absolute atomic E-state index is 14.3. The predicted octanol–water partition coefficient (Wildman–Crippen LogP) is 2.07. The molecule has 0 atom stereocenters. The summed E-state index contributed by atoms with van der Waals surface area (Å²) < 4.78 is 19.4. The molecule has 3 nitrogen and oxygen atoms in total. The largest absolute Gasteiger partial charge is 0.389 e. The Morgan fingerprint density at radius 2 is 2.26 bits per heavy atom. The highest BCUT2D eigenvalue weighted by atomic mass is 32.1. The van der Waals surface area contributed by atoms with Crippen molar-refractivity contribution in [1.82, 2.24) is 4.90 Å². The van der Waals surface area contributed by atoms with Gasteiger partial charge in [0.1, 0.15) is 10.8 Å². The van der Waals surface area contributed by atoms with E-state index in [0.29, 0.717) is 30.3 Å². The lowest BCUT2D eigenvalue weighted by Gasteiger charge is -2.22. The van der Waals surface area contributed by atoms with Crippen molar-refractivity contribution in [3.63, 3.8) is 0 Å². The Balaban J connectivity index is 2.12. The minimum absolute atomic E-state index is 0.106. The van der Waals surface area contributed by atoms with Gasteiger partial charge in [-0.2, -0.15) is 0 Å². The van der Waals surface area contributed by atoms with Crippen molar-refractivity contribution in [3.05, 3.63) is 35.1 Å². The summed E-state index contributed by atoms with van der Waals surface area (Å²) in [5.41, 5.74) is 6.50. The van der Waals surface area contributed by atoms with E-state index < -0.39 is 0 Å². The molecule has 2 rings (SSSR count). The minimum Gasteiger partial charge on any atom is -0.389 e. The van der Waals surface area contributed by atoms with Gasteiger partial charge in [-0.25, -0.2) is 4.39 Å². The number of nitrogens with zero attached hydrogens (tertiary/aromatic N) is 1. The molecule has 1 saturated carbocycles. The average Bonchev–Trinajstić information content (AvgIpc) is 3.20. The van der Waals surface area contributed by atoms with Gasteiger partial charge in [-0.3, -0.25) is 4.90 Å². The van der Waals surface area contributed by atoms with Crippen molar-refractivity contribution < 1.29 is 9.13 Å². The van der Waals surface area contributed by atoms with Gasteiger partial charge in [0.25, 0.3) is 0 Å².